The number of ether oxygens (including phenoxy) is 1. The molecule has 1 aromatic carbocycles. The fourth-order valence-electron chi connectivity index (χ4n) is 3.12. The minimum atomic E-state index is -4.54. The van der Waals surface area contributed by atoms with Crippen LogP contribution >= 0.6 is 0 Å². The number of halogens is 3. The van der Waals surface area contributed by atoms with Crippen LogP contribution in [0.25, 0.3) is 0 Å². The molecule has 7 heteroatoms. The van der Waals surface area contributed by atoms with Crippen LogP contribution in [0.3, 0.4) is 0 Å². The summed E-state index contributed by atoms with van der Waals surface area (Å²) in [4.78, 5) is 12.3. The minimum absolute atomic E-state index is 0.118. The lowest BCUT2D eigenvalue weighted by Crippen LogP contribution is -2.60. The maximum Gasteiger partial charge on any atom is 0.416 e. The average Bonchev–Trinajstić information content (AvgIpc) is 2.48. The fourth-order valence-corrected chi connectivity index (χ4v) is 3.12. The van der Waals surface area contributed by atoms with E-state index in [2.05, 4.69) is 0 Å². The highest BCUT2D eigenvalue weighted by molar-refractivity contribution is 5.45. The molecule has 4 nitrogen and oxygen atoms in total. The lowest BCUT2D eigenvalue weighted by molar-refractivity contribution is -0.143. The summed E-state index contributed by atoms with van der Waals surface area (Å²) in [5, 5.41) is 11.1. The average molecular weight is 353 g/mol. The van der Waals surface area contributed by atoms with Gasteiger partial charge in [-0.1, -0.05) is 6.07 Å². The van der Waals surface area contributed by atoms with E-state index in [1.807, 2.05) is 0 Å². The van der Waals surface area contributed by atoms with Gasteiger partial charge < -0.3 is 14.4 Å². The van der Waals surface area contributed by atoms with Gasteiger partial charge in [0.2, 0.25) is 0 Å². The number of nitrogens with zero attached hydrogens (tertiary/aromatic N) is 1. The van der Waals surface area contributed by atoms with Crippen molar-refractivity contribution < 1.29 is 23.0 Å². The van der Waals surface area contributed by atoms with Crippen LogP contribution < -0.4 is 10.3 Å². The summed E-state index contributed by atoms with van der Waals surface area (Å²) in [5.74, 6) is 0.213. The summed E-state index contributed by atoms with van der Waals surface area (Å²) in [7, 11) is 0. The molecule has 1 aliphatic rings. The van der Waals surface area contributed by atoms with Crippen molar-refractivity contribution in [2.24, 2.45) is 0 Å². The predicted octanol–water partition coefficient (Wildman–Crippen LogP) is 3.38. The second-order valence-electron chi connectivity index (χ2n) is 6.86. The van der Waals surface area contributed by atoms with Gasteiger partial charge in [0.1, 0.15) is 17.0 Å². The Morgan fingerprint density at radius 1 is 1.16 bits per heavy atom. The van der Waals surface area contributed by atoms with Crippen molar-refractivity contribution >= 4 is 0 Å². The zero-order chi connectivity index (χ0) is 18.6. The Morgan fingerprint density at radius 3 is 2.44 bits per heavy atom. The van der Waals surface area contributed by atoms with Crippen LogP contribution in [0.1, 0.15) is 37.9 Å². The van der Waals surface area contributed by atoms with E-state index in [4.69, 9.17) is 4.74 Å². The molecule has 0 bridgehead atoms. The van der Waals surface area contributed by atoms with Crippen LogP contribution in [-0.4, -0.2) is 20.9 Å². The maximum absolute atomic E-state index is 13.1. The van der Waals surface area contributed by atoms with Gasteiger partial charge in [-0.3, -0.25) is 4.79 Å². The number of aliphatic hydroxyl groups is 1. The predicted molar refractivity (Wildman–Crippen MR) is 85.6 cm³/mol. The number of hydrogen-bond donors (Lipinski definition) is 1. The zero-order valence-electron chi connectivity index (χ0n) is 14.0. The monoisotopic (exact) mass is 353 g/mol. The van der Waals surface area contributed by atoms with Gasteiger partial charge in [0, 0.05) is 17.8 Å². The normalized spacial score (nSPS) is 25.2. The molecule has 0 radical (unpaired) electrons. The highest BCUT2D eigenvalue weighted by Crippen LogP contribution is 2.48. The third kappa shape index (κ3) is 2.72. The van der Waals surface area contributed by atoms with Gasteiger partial charge in [-0.05, 0) is 45.0 Å². The molecular formula is C18H18F3NO3. The Hall–Kier alpha value is -2.28. The largest absolute Gasteiger partial charge is 0.484 e. The van der Waals surface area contributed by atoms with Gasteiger partial charge in [-0.2, -0.15) is 13.2 Å². The molecule has 134 valence electrons. The van der Waals surface area contributed by atoms with Gasteiger partial charge in [-0.15, -0.1) is 0 Å². The summed E-state index contributed by atoms with van der Waals surface area (Å²) in [6.45, 7) is 4.73. The standard InChI is InChI=1S/C18H18F3NO3/c1-16(2)17(3,24)15(22-9-5-4-6-14(22)23)12-10-11(18(19,20)21)7-8-13(12)25-16/h4-10,15,24H,1-3H3. The van der Waals surface area contributed by atoms with Gasteiger partial charge in [0.25, 0.3) is 5.56 Å². The Labute approximate surface area is 142 Å². The molecule has 2 atom stereocenters. The molecule has 0 saturated heterocycles. The van der Waals surface area contributed by atoms with Crippen LogP contribution in [-0.2, 0) is 6.18 Å². The van der Waals surface area contributed by atoms with Crippen molar-refractivity contribution in [3.05, 3.63) is 64.1 Å². The van der Waals surface area contributed by atoms with E-state index in [0.717, 1.165) is 12.1 Å². The van der Waals surface area contributed by atoms with Crippen molar-refractivity contribution in [2.75, 3.05) is 0 Å². The zero-order valence-corrected chi connectivity index (χ0v) is 14.0. The molecule has 2 heterocycles. The molecule has 0 aliphatic carbocycles. The maximum atomic E-state index is 13.1. The molecular weight excluding hydrogens is 335 g/mol. The number of aromatic nitrogens is 1. The number of hydrogen-bond acceptors (Lipinski definition) is 3. The van der Waals surface area contributed by atoms with Crippen molar-refractivity contribution in [3.8, 4) is 5.75 Å². The number of pyridine rings is 1. The topological polar surface area (TPSA) is 51.5 Å². The third-order valence-electron chi connectivity index (χ3n) is 4.88. The fraction of sp³-hybridized carbons (Fsp3) is 0.389. The van der Waals surface area contributed by atoms with Crippen molar-refractivity contribution in [1.82, 2.24) is 4.57 Å². The third-order valence-corrected chi connectivity index (χ3v) is 4.88. The molecule has 2 aromatic rings. The molecule has 1 aromatic heterocycles. The van der Waals surface area contributed by atoms with Crippen LogP contribution in [0.4, 0.5) is 13.2 Å². The summed E-state index contributed by atoms with van der Waals surface area (Å²) < 4.78 is 46.4. The molecule has 2 unspecified atom stereocenters. The summed E-state index contributed by atoms with van der Waals surface area (Å²) in [6.07, 6.45) is -3.09. The van der Waals surface area contributed by atoms with Crippen LogP contribution in [0, 0.1) is 0 Å². The molecule has 0 spiro atoms. The van der Waals surface area contributed by atoms with Crippen LogP contribution in [0.2, 0.25) is 0 Å². The highest BCUT2D eigenvalue weighted by Gasteiger charge is 2.54. The molecule has 0 amide bonds. The first-order valence-electron chi connectivity index (χ1n) is 7.75. The van der Waals surface area contributed by atoms with E-state index in [1.54, 1.807) is 19.9 Å². The molecule has 0 fully saturated rings. The Bertz CT molecular complexity index is 868. The van der Waals surface area contributed by atoms with E-state index >= 15 is 0 Å². The Morgan fingerprint density at radius 2 is 1.84 bits per heavy atom. The SMILES string of the molecule is CC1(C)Oc2ccc(C(F)(F)F)cc2C(n2ccccc2=O)C1(C)O. The van der Waals surface area contributed by atoms with E-state index in [1.165, 1.54) is 35.9 Å². The smallest absolute Gasteiger partial charge is 0.416 e. The quantitative estimate of drug-likeness (QED) is 0.855. The molecule has 3 rings (SSSR count). The lowest BCUT2D eigenvalue weighted by atomic mass is 9.75. The van der Waals surface area contributed by atoms with Gasteiger partial charge in [0.05, 0.1) is 11.6 Å². The van der Waals surface area contributed by atoms with E-state index in [0.29, 0.717) is 0 Å². The van der Waals surface area contributed by atoms with Gasteiger partial charge in [-0.25, -0.2) is 0 Å². The van der Waals surface area contributed by atoms with E-state index < -0.39 is 34.5 Å². The Kier molecular flexibility index (Phi) is 3.76. The first-order chi connectivity index (χ1) is 11.4. The van der Waals surface area contributed by atoms with Gasteiger partial charge >= 0.3 is 6.18 Å². The van der Waals surface area contributed by atoms with E-state index in [9.17, 15) is 23.1 Å². The second kappa shape index (κ2) is 5.36. The summed E-state index contributed by atoms with van der Waals surface area (Å²) in [5.41, 5.74) is -3.92. The van der Waals surface area contributed by atoms with Crippen molar-refractivity contribution in [3.63, 3.8) is 0 Å². The number of benzene rings is 1. The first kappa shape index (κ1) is 17.5. The van der Waals surface area contributed by atoms with Crippen LogP contribution in [0.5, 0.6) is 5.75 Å². The van der Waals surface area contributed by atoms with Crippen LogP contribution in [0.15, 0.2) is 47.4 Å². The molecule has 25 heavy (non-hydrogen) atoms. The van der Waals surface area contributed by atoms with E-state index in [-0.39, 0.29) is 11.3 Å². The summed E-state index contributed by atoms with van der Waals surface area (Å²) in [6, 6.07) is 6.49. The number of fused-ring (bicyclic) bond motifs is 1. The summed E-state index contributed by atoms with van der Waals surface area (Å²) >= 11 is 0. The van der Waals surface area contributed by atoms with Crippen molar-refractivity contribution in [2.45, 2.75) is 44.2 Å². The second-order valence-corrected chi connectivity index (χ2v) is 6.86. The molecule has 1 aliphatic heterocycles. The van der Waals surface area contributed by atoms with Crippen molar-refractivity contribution in [1.29, 1.82) is 0 Å². The minimum Gasteiger partial charge on any atom is -0.484 e. The lowest BCUT2D eigenvalue weighted by Gasteiger charge is -2.50. The Balaban J connectivity index is 2.31. The highest BCUT2D eigenvalue weighted by atomic mass is 19.4. The number of alkyl halides is 3. The molecule has 1 N–H and O–H groups in total. The number of rotatable bonds is 1. The molecule has 0 saturated carbocycles. The first-order valence-corrected chi connectivity index (χ1v) is 7.75. The van der Waals surface area contributed by atoms with Gasteiger partial charge in [0.15, 0.2) is 0 Å².